The highest BCUT2D eigenvalue weighted by molar-refractivity contribution is 5.89. The van der Waals surface area contributed by atoms with Gasteiger partial charge in [-0.3, -0.25) is 4.79 Å². The Labute approximate surface area is 129 Å². The Morgan fingerprint density at radius 2 is 1.45 bits per heavy atom. The Morgan fingerprint density at radius 3 is 2.18 bits per heavy atom. The molecule has 1 aliphatic carbocycles. The van der Waals surface area contributed by atoms with Crippen LogP contribution in [0.15, 0.2) is 48.6 Å². The van der Waals surface area contributed by atoms with Crippen LogP contribution in [0.1, 0.15) is 24.0 Å². The summed E-state index contributed by atoms with van der Waals surface area (Å²) in [5, 5.41) is 20.3. The quantitative estimate of drug-likeness (QED) is 0.777. The lowest BCUT2D eigenvalue weighted by molar-refractivity contribution is -0.114. The normalized spacial score (nSPS) is 14.8. The summed E-state index contributed by atoms with van der Waals surface area (Å²) in [4.78, 5) is 11.8. The van der Waals surface area contributed by atoms with Gasteiger partial charge in [0.25, 0.3) is 0 Å². The van der Waals surface area contributed by atoms with Gasteiger partial charge in [-0.2, -0.15) is 0 Å². The number of hydrogen-bond donors (Lipinski definition) is 2. The minimum atomic E-state index is 0.136. The van der Waals surface area contributed by atoms with Crippen molar-refractivity contribution in [3.05, 3.63) is 59.7 Å². The Kier molecular flexibility index (Phi) is 3.96. The van der Waals surface area contributed by atoms with Gasteiger partial charge >= 0.3 is 0 Å². The molecule has 2 N–H and O–H groups in total. The van der Waals surface area contributed by atoms with E-state index in [0.717, 1.165) is 24.0 Å². The molecule has 0 radical (unpaired) electrons. The highest BCUT2D eigenvalue weighted by atomic mass is 16.3. The summed E-state index contributed by atoms with van der Waals surface area (Å²) < 4.78 is 0. The van der Waals surface area contributed by atoms with E-state index in [2.05, 4.69) is 0 Å². The van der Waals surface area contributed by atoms with Gasteiger partial charge in [0.05, 0.1) is 0 Å². The molecule has 0 heterocycles. The lowest BCUT2D eigenvalue weighted by Gasteiger charge is -2.11. The summed E-state index contributed by atoms with van der Waals surface area (Å²) in [6.45, 7) is 0. The molecule has 3 rings (SSSR count). The van der Waals surface area contributed by atoms with Gasteiger partial charge in [-0.1, -0.05) is 18.2 Å². The summed E-state index contributed by atoms with van der Waals surface area (Å²) in [6, 6.07) is 10.7. The van der Waals surface area contributed by atoms with Gasteiger partial charge in [0.1, 0.15) is 11.5 Å². The van der Waals surface area contributed by atoms with Crippen LogP contribution in [0.3, 0.4) is 0 Å². The monoisotopic (exact) mass is 294 g/mol. The van der Waals surface area contributed by atoms with Crippen molar-refractivity contribution in [2.75, 3.05) is 0 Å². The fourth-order valence-corrected chi connectivity index (χ4v) is 2.76. The molecular formula is C19H18O3. The lowest BCUT2D eigenvalue weighted by Crippen LogP contribution is -1.95. The Hall–Kier alpha value is -2.55. The predicted octanol–water partition coefficient (Wildman–Crippen LogP) is 3.77. The molecular weight excluding hydrogens is 276 g/mol. The highest BCUT2D eigenvalue weighted by Gasteiger charge is 2.12. The smallest absolute Gasteiger partial charge is 0.155 e. The molecule has 22 heavy (non-hydrogen) atoms. The first-order chi connectivity index (χ1) is 10.6. The maximum Gasteiger partial charge on any atom is 0.155 e. The number of benzene rings is 2. The van der Waals surface area contributed by atoms with Gasteiger partial charge in [-0.15, -0.1) is 0 Å². The van der Waals surface area contributed by atoms with Crippen LogP contribution in [0, 0.1) is 0 Å². The largest absolute Gasteiger partial charge is 0.507 e. The average Bonchev–Trinajstić information content (AvgIpc) is 2.51. The Bertz CT molecular complexity index is 744. The fourth-order valence-electron chi connectivity index (χ4n) is 2.76. The summed E-state index contributed by atoms with van der Waals surface area (Å²) in [7, 11) is 0. The van der Waals surface area contributed by atoms with Crippen molar-refractivity contribution >= 4 is 5.78 Å². The number of allylic oxidation sites excluding steroid dienone is 2. The molecule has 0 saturated heterocycles. The van der Waals surface area contributed by atoms with Crippen LogP contribution in [0.4, 0.5) is 0 Å². The first-order valence-electron chi connectivity index (χ1n) is 7.47. The molecule has 0 unspecified atom stereocenters. The molecule has 0 amide bonds. The van der Waals surface area contributed by atoms with Gasteiger partial charge in [0.2, 0.25) is 0 Å². The summed E-state index contributed by atoms with van der Waals surface area (Å²) in [5.41, 5.74) is 3.29. The number of rotatable bonds is 0. The molecule has 112 valence electrons. The minimum absolute atomic E-state index is 0.136. The van der Waals surface area contributed by atoms with E-state index < -0.39 is 0 Å². The average molecular weight is 294 g/mol. The maximum atomic E-state index is 11.8. The first kappa shape index (κ1) is 14.4. The standard InChI is InChI=1S/C19H18O3/c20-15-5-1-3-13-7-9-18(21)16(11-13)17-12-14(4-2-6-15)8-10-19(17)22/h1,5,7-12,21-22H,2-4,6H2. The van der Waals surface area contributed by atoms with Crippen LogP contribution in [0.2, 0.25) is 0 Å². The predicted molar refractivity (Wildman–Crippen MR) is 86.0 cm³/mol. The van der Waals surface area contributed by atoms with Crippen LogP contribution in [0.25, 0.3) is 11.1 Å². The van der Waals surface area contributed by atoms with E-state index in [4.69, 9.17) is 0 Å². The summed E-state index contributed by atoms with van der Waals surface area (Å²) >= 11 is 0. The zero-order valence-corrected chi connectivity index (χ0v) is 12.2. The van der Waals surface area contributed by atoms with E-state index in [1.807, 2.05) is 30.3 Å². The zero-order chi connectivity index (χ0) is 15.5. The number of fused-ring (bicyclic) bond motifs is 5. The van der Waals surface area contributed by atoms with E-state index in [1.165, 1.54) is 0 Å². The number of carbonyl (C=O) groups is 1. The molecule has 0 aliphatic heterocycles. The third-order valence-corrected chi connectivity index (χ3v) is 3.96. The van der Waals surface area contributed by atoms with Crippen molar-refractivity contribution in [3.63, 3.8) is 0 Å². The molecule has 2 aromatic rings. The summed E-state index contributed by atoms with van der Waals surface area (Å²) in [6.07, 6.45) is 6.18. The van der Waals surface area contributed by atoms with Crippen LogP contribution >= 0.6 is 0 Å². The molecule has 0 saturated carbocycles. The second-order valence-corrected chi connectivity index (χ2v) is 5.63. The minimum Gasteiger partial charge on any atom is -0.507 e. The third-order valence-electron chi connectivity index (χ3n) is 3.96. The molecule has 1 aliphatic rings. The number of phenolic OH excluding ortho intramolecular Hbond substituents is 2. The van der Waals surface area contributed by atoms with Crippen molar-refractivity contribution in [1.82, 2.24) is 0 Å². The van der Waals surface area contributed by atoms with Gasteiger partial charge in [-0.25, -0.2) is 0 Å². The van der Waals surface area contributed by atoms with Gasteiger partial charge < -0.3 is 10.2 Å². The third kappa shape index (κ3) is 3.03. The van der Waals surface area contributed by atoms with E-state index in [0.29, 0.717) is 24.0 Å². The second-order valence-electron chi connectivity index (χ2n) is 5.63. The number of aryl methyl sites for hydroxylation is 1. The Balaban J connectivity index is 2.13. The van der Waals surface area contributed by atoms with Crippen molar-refractivity contribution in [1.29, 1.82) is 0 Å². The highest BCUT2D eigenvalue weighted by Crippen LogP contribution is 2.37. The number of hydrogen-bond acceptors (Lipinski definition) is 3. The molecule has 3 nitrogen and oxygen atoms in total. The fraction of sp³-hybridized carbons (Fsp3) is 0.211. The number of aromatic hydroxyl groups is 2. The maximum absolute atomic E-state index is 11.8. The second kappa shape index (κ2) is 6.06. The topological polar surface area (TPSA) is 57.5 Å². The zero-order valence-electron chi connectivity index (χ0n) is 12.2. The molecule has 4 bridgehead atoms. The van der Waals surface area contributed by atoms with Gasteiger partial charge in [0, 0.05) is 17.5 Å². The van der Waals surface area contributed by atoms with Crippen LogP contribution in [-0.4, -0.2) is 16.0 Å². The summed E-state index contributed by atoms with van der Waals surface area (Å²) in [5.74, 6) is 0.432. The molecule has 0 fully saturated rings. The lowest BCUT2D eigenvalue weighted by atomic mass is 9.97. The van der Waals surface area contributed by atoms with Crippen LogP contribution < -0.4 is 0 Å². The number of phenols is 2. The van der Waals surface area contributed by atoms with Crippen molar-refractivity contribution in [3.8, 4) is 22.6 Å². The first-order valence-corrected chi connectivity index (χ1v) is 7.47. The molecule has 0 aromatic heterocycles. The van der Waals surface area contributed by atoms with Gasteiger partial charge in [-0.05, 0) is 60.7 Å². The molecule has 2 aromatic carbocycles. The van der Waals surface area contributed by atoms with E-state index in [1.54, 1.807) is 18.2 Å². The SMILES string of the molecule is O=C1C=CCc2ccc(O)c(c2)-c2cc(ccc2O)CCC1. The van der Waals surface area contributed by atoms with Crippen molar-refractivity contribution in [2.24, 2.45) is 0 Å². The number of ketones is 1. The van der Waals surface area contributed by atoms with E-state index in [-0.39, 0.29) is 17.3 Å². The molecule has 0 spiro atoms. The Morgan fingerprint density at radius 1 is 0.818 bits per heavy atom. The number of carbonyl (C=O) groups excluding carboxylic acids is 1. The molecule has 0 atom stereocenters. The van der Waals surface area contributed by atoms with Crippen molar-refractivity contribution < 1.29 is 15.0 Å². The van der Waals surface area contributed by atoms with Crippen molar-refractivity contribution in [2.45, 2.75) is 25.7 Å². The molecule has 3 heteroatoms. The van der Waals surface area contributed by atoms with E-state index in [9.17, 15) is 15.0 Å². The van der Waals surface area contributed by atoms with E-state index >= 15 is 0 Å². The van der Waals surface area contributed by atoms with Crippen LogP contribution in [-0.2, 0) is 17.6 Å². The van der Waals surface area contributed by atoms with Crippen LogP contribution in [0.5, 0.6) is 11.5 Å². The van der Waals surface area contributed by atoms with Gasteiger partial charge in [0.15, 0.2) is 5.78 Å².